The van der Waals surface area contributed by atoms with Crippen molar-refractivity contribution in [2.75, 3.05) is 6.54 Å². The minimum Gasteiger partial charge on any atom is -0.352 e. The van der Waals surface area contributed by atoms with E-state index in [1.165, 1.54) is 0 Å². The van der Waals surface area contributed by atoms with Crippen LogP contribution in [0.2, 0.25) is 0 Å². The van der Waals surface area contributed by atoms with E-state index in [2.05, 4.69) is 10.0 Å². The van der Waals surface area contributed by atoms with Crippen LogP contribution in [0.4, 0.5) is 0 Å². The maximum Gasteiger partial charge on any atom is 0.240 e. The molecule has 0 spiro atoms. The van der Waals surface area contributed by atoms with Gasteiger partial charge < -0.3 is 11.1 Å². The predicted octanol–water partition coefficient (Wildman–Crippen LogP) is 0.974. The van der Waals surface area contributed by atoms with E-state index >= 15 is 0 Å². The van der Waals surface area contributed by atoms with Gasteiger partial charge in [-0.2, -0.15) is 0 Å². The van der Waals surface area contributed by atoms with Gasteiger partial charge in [0.15, 0.2) is 0 Å². The summed E-state index contributed by atoms with van der Waals surface area (Å²) >= 11 is 0. The Hall–Kier alpha value is -1.44. The van der Waals surface area contributed by atoms with E-state index in [1.54, 1.807) is 31.2 Å². The molecule has 0 saturated heterocycles. The Labute approximate surface area is 143 Å². The number of carbonyl (C=O) groups is 1. The highest BCUT2D eigenvalue weighted by Gasteiger charge is 2.48. The summed E-state index contributed by atoms with van der Waals surface area (Å²) in [6.45, 7) is 2.48. The van der Waals surface area contributed by atoms with Crippen LogP contribution in [-0.4, -0.2) is 26.9 Å². The molecule has 2 fully saturated rings. The summed E-state index contributed by atoms with van der Waals surface area (Å²) in [5.41, 5.74) is 7.07. The maximum absolute atomic E-state index is 12.4. The summed E-state index contributed by atoms with van der Waals surface area (Å²) in [5, 5.41) is 2.96. The Kier molecular flexibility index (Phi) is 4.94. The summed E-state index contributed by atoms with van der Waals surface area (Å²) in [7, 11) is -3.44. The fraction of sp³-hybridized carbons (Fsp3) is 0.588. The van der Waals surface area contributed by atoms with Gasteiger partial charge in [0.2, 0.25) is 15.9 Å². The first-order valence-electron chi connectivity index (χ1n) is 8.54. The molecule has 6 nitrogen and oxygen atoms in total. The zero-order chi connectivity index (χ0) is 17.3. The van der Waals surface area contributed by atoms with Crippen LogP contribution in [0, 0.1) is 17.8 Å². The predicted molar refractivity (Wildman–Crippen MR) is 91.4 cm³/mol. The molecule has 4 unspecified atom stereocenters. The third-order valence-electron chi connectivity index (χ3n) is 5.32. The van der Waals surface area contributed by atoms with Crippen molar-refractivity contribution in [2.45, 2.75) is 43.7 Å². The fourth-order valence-corrected chi connectivity index (χ4v) is 5.13. The standard InChI is InChI=1S/C17H25N3O3S/c1-2-20-24(22,23)14-7-3-11(4-8-14)10-19-17(21)15-12-5-6-13(9-12)16(15)18/h3-4,7-8,12-13,15-16,20H,2,5-6,9-10,18H2,1H3,(H,19,21). The molecular weight excluding hydrogens is 326 g/mol. The number of nitrogens with one attached hydrogen (secondary N) is 2. The third-order valence-corrected chi connectivity index (χ3v) is 6.88. The second-order valence-electron chi connectivity index (χ2n) is 6.80. The van der Waals surface area contributed by atoms with Gasteiger partial charge in [0.1, 0.15) is 0 Å². The van der Waals surface area contributed by atoms with Crippen molar-refractivity contribution < 1.29 is 13.2 Å². The van der Waals surface area contributed by atoms with Crippen molar-refractivity contribution in [3.63, 3.8) is 0 Å². The number of rotatable bonds is 6. The molecule has 1 aromatic rings. The molecule has 7 heteroatoms. The van der Waals surface area contributed by atoms with Crippen LogP contribution in [0.25, 0.3) is 0 Å². The summed E-state index contributed by atoms with van der Waals surface area (Å²) in [6.07, 6.45) is 3.33. The van der Waals surface area contributed by atoms with Crippen LogP contribution in [0.5, 0.6) is 0 Å². The highest BCUT2D eigenvalue weighted by molar-refractivity contribution is 7.89. The number of carbonyl (C=O) groups excluding carboxylic acids is 1. The molecule has 2 aliphatic rings. The van der Waals surface area contributed by atoms with Crippen LogP contribution in [0.1, 0.15) is 31.7 Å². The summed E-state index contributed by atoms with van der Waals surface area (Å²) in [4.78, 5) is 12.7. The van der Waals surface area contributed by atoms with Gasteiger partial charge in [-0.3, -0.25) is 4.79 Å². The van der Waals surface area contributed by atoms with Gasteiger partial charge >= 0.3 is 0 Å². The molecule has 0 radical (unpaired) electrons. The Balaban J connectivity index is 1.58. The summed E-state index contributed by atoms with van der Waals surface area (Å²) in [5.74, 6) is 0.884. The molecule has 0 heterocycles. The first-order valence-corrected chi connectivity index (χ1v) is 10.0. The largest absolute Gasteiger partial charge is 0.352 e. The number of amides is 1. The zero-order valence-electron chi connectivity index (χ0n) is 13.9. The van der Waals surface area contributed by atoms with E-state index in [4.69, 9.17) is 5.73 Å². The van der Waals surface area contributed by atoms with Gasteiger partial charge in [-0.1, -0.05) is 19.1 Å². The lowest BCUT2D eigenvalue weighted by atomic mass is 9.84. The lowest BCUT2D eigenvalue weighted by Gasteiger charge is -2.27. The second-order valence-corrected chi connectivity index (χ2v) is 8.57. The molecule has 2 saturated carbocycles. The van der Waals surface area contributed by atoms with Crippen LogP contribution < -0.4 is 15.8 Å². The van der Waals surface area contributed by atoms with Gasteiger partial charge in [-0.25, -0.2) is 13.1 Å². The van der Waals surface area contributed by atoms with Crippen molar-refractivity contribution in [3.8, 4) is 0 Å². The Bertz CT molecular complexity index is 700. The lowest BCUT2D eigenvalue weighted by molar-refractivity contribution is -0.127. The monoisotopic (exact) mass is 351 g/mol. The minimum absolute atomic E-state index is 0.0172. The van der Waals surface area contributed by atoms with E-state index in [1.807, 2.05) is 0 Å². The molecule has 132 valence electrons. The topological polar surface area (TPSA) is 101 Å². The van der Waals surface area contributed by atoms with E-state index in [0.717, 1.165) is 24.8 Å². The van der Waals surface area contributed by atoms with Gasteiger partial charge in [-0.15, -0.1) is 0 Å². The fourth-order valence-electron chi connectivity index (χ4n) is 4.09. The summed E-state index contributed by atoms with van der Waals surface area (Å²) in [6, 6.07) is 6.55. The average Bonchev–Trinajstić information content (AvgIpc) is 3.14. The molecular formula is C17H25N3O3S. The van der Waals surface area contributed by atoms with Crippen molar-refractivity contribution in [2.24, 2.45) is 23.5 Å². The van der Waals surface area contributed by atoms with Crippen molar-refractivity contribution >= 4 is 15.9 Å². The molecule has 0 aliphatic heterocycles. The van der Waals surface area contributed by atoms with E-state index in [0.29, 0.717) is 24.9 Å². The summed E-state index contributed by atoms with van der Waals surface area (Å²) < 4.78 is 26.3. The Morgan fingerprint density at radius 2 is 1.88 bits per heavy atom. The highest BCUT2D eigenvalue weighted by atomic mass is 32.2. The normalized spacial score (nSPS) is 28.9. The van der Waals surface area contributed by atoms with Gasteiger partial charge in [0, 0.05) is 19.1 Å². The number of sulfonamides is 1. The molecule has 0 aromatic heterocycles. The Morgan fingerprint density at radius 1 is 1.21 bits per heavy atom. The molecule has 1 aromatic carbocycles. The van der Waals surface area contributed by atoms with E-state index in [-0.39, 0.29) is 22.8 Å². The highest BCUT2D eigenvalue weighted by Crippen LogP contribution is 2.47. The number of fused-ring (bicyclic) bond motifs is 2. The minimum atomic E-state index is -3.44. The quantitative estimate of drug-likeness (QED) is 0.711. The van der Waals surface area contributed by atoms with Gasteiger partial charge in [0.25, 0.3) is 0 Å². The molecule has 1 amide bonds. The molecule has 4 N–H and O–H groups in total. The van der Waals surface area contributed by atoms with Gasteiger partial charge in [-0.05, 0) is 48.8 Å². The maximum atomic E-state index is 12.4. The molecule has 24 heavy (non-hydrogen) atoms. The first-order chi connectivity index (χ1) is 11.4. The molecule has 3 rings (SSSR count). The number of benzene rings is 1. The van der Waals surface area contributed by atoms with Crippen LogP contribution >= 0.6 is 0 Å². The van der Waals surface area contributed by atoms with Crippen LogP contribution in [-0.2, 0) is 21.4 Å². The van der Waals surface area contributed by atoms with Crippen LogP contribution in [0.3, 0.4) is 0 Å². The van der Waals surface area contributed by atoms with E-state index < -0.39 is 10.0 Å². The van der Waals surface area contributed by atoms with Crippen molar-refractivity contribution in [1.29, 1.82) is 0 Å². The first kappa shape index (κ1) is 17.4. The van der Waals surface area contributed by atoms with Crippen molar-refractivity contribution in [3.05, 3.63) is 29.8 Å². The smallest absolute Gasteiger partial charge is 0.240 e. The van der Waals surface area contributed by atoms with Gasteiger partial charge in [0.05, 0.1) is 10.8 Å². The molecule has 2 bridgehead atoms. The number of hydrogen-bond acceptors (Lipinski definition) is 4. The number of hydrogen-bond donors (Lipinski definition) is 3. The second kappa shape index (κ2) is 6.82. The van der Waals surface area contributed by atoms with Crippen molar-refractivity contribution in [1.82, 2.24) is 10.0 Å². The van der Waals surface area contributed by atoms with Crippen LogP contribution in [0.15, 0.2) is 29.2 Å². The third kappa shape index (κ3) is 3.34. The zero-order valence-corrected chi connectivity index (χ0v) is 14.7. The lowest BCUT2D eigenvalue weighted by Crippen LogP contribution is -2.45. The molecule has 4 atom stereocenters. The SMILES string of the molecule is CCNS(=O)(=O)c1ccc(CNC(=O)C2C3CCC(C3)C2N)cc1. The number of nitrogens with two attached hydrogens (primary N) is 1. The average molecular weight is 351 g/mol. The van der Waals surface area contributed by atoms with E-state index in [9.17, 15) is 13.2 Å². The Morgan fingerprint density at radius 3 is 2.46 bits per heavy atom. The molecule has 2 aliphatic carbocycles.